The van der Waals surface area contributed by atoms with Gasteiger partial charge in [0, 0.05) is 46.7 Å². The zero-order valence-electron chi connectivity index (χ0n) is 15.4. The maximum Gasteiger partial charge on any atom is 0.0754 e. The van der Waals surface area contributed by atoms with Gasteiger partial charge in [-0.15, -0.1) is 0 Å². The van der Waals surface area contributed by atoms with Gasteiger partial charge < -0.3 is 15.5 Å². The standard InChI is InChI=1S/C19H25N7/c1-4-26(3)8-7-20-18-9-17(13-10-21-24-12(13)2)23-16-6-5-15-14(19(16)18)11-22-25-15/h5-6,9-11,17,20,23H,4,7-8H2,1-3H3,(H,21,24)(H,22,25). The maximum atomic E-state index is 4.22. The maximum absolute atomic E-state index is 4.22. The molecule has 7 heteroatoms. The van der Waals surface area contributed by atoms with Crippen molar-refractivity contribution in [3.05, 3.63) is 47.4 Å². The van der Waals surface area contributed by atoms with Crippen LogP contribution in [0.15, 0.2) is 30.6 Å². The molecule has 7 nitrogen and oxygen atoms in total. The number of hydrogen-bond acceptors (Lipinski definition) is 5. The Morgan fingerprint density at radius 3 is 2.81 bits per heavy atom. The second-order valence-electron chi connectivity index (χ2n) is 6.79. The first kappa shape index (κ1) is 16.7. The number of nitrogens with one attached hydrogen (secondary N) is 4. The molecule has 1 aliphatic rings. The summed E-state index contributed by atoms with van der Waals surface area (Å²) in [6, 6.07) is 4.27. The summed E-state index contributed by atoms with van der Waals surface area (Å²) in [4.78, 5) is 2.30. The number of aromatic nitrogens is 4. The first-order valence-electron chi connectivity index (χ1n) is 9.04. The van der Waals surface area contributed by atoms with Crippen molar-refractivity contribution in [2.45, 2.75) is 19.9 Å². The van der Waals surface area contributed by atoms with Gasteiger partial charge in [0.15, 0.2) is 0 Å². The lowest BCUT2D eigenvalue weighted by Crippen LogP contribution is -2.30. The molecule has 1 unspecified atom stereocenters. The number of aryl methyl sites for hydroxylation is 1. The summed E-state index contributed by atoms with van der Waals surface area (Å²) >= 11 is 0. The van der Waals surface area contributed by atoms with Gasteiger partial charge in [0.1, 0.15) is 0 Å². The van der Waals surface area contributed by atoms with E-state index in [-0.39, 0.29) is 6.04 Å². The van der Waals surface area contributed by atoms with Gasteiger partial charge in [-0.1, -0.05) is 6.92 Å². The molecular weight excluding hydrogens is 326 g/mol. The zero-order chi connectivity index (χ0) is 18.1. The van der Waals surface area contributed by atoms with Crippen LogP contribution in [0.25, 0.3) is 16.6 Å². The summed E-state index contributed by atoms with van der Waals surface area (Å²) in [5.74, 6) is 0. The fraction of sp³-hybridized carbons (Fsp3) is 0.368. The molecule has 0 aliphatic carbocycles. The zero-order valence-corrected chi connectivity index (χ0v) is 15.4. The van der Waals surface area contributed by atoms with Crippen molar-refractivity contribution in [2.24, 2.45) is 0 Å². The molecule has 0 radical (unpaired) electrons. The number of nitrogens with zero attached hydrogens (tertiary/aromatic N) is 3. The highest BCUT2D eigenvalue weighted by molar-refractivity contribution is 5.98. The summed E-state index contributed by atoms with van der Waals surface area (Å²) in [6.45, 7) is 7.15. The first-order chi connectivity index (χ1) is 12.7. The van der Waals surface area contributed by atoms with Crippen molar-refractivity contribution in [3.8, 4) is 0 Å². The van der Waals surface area contributed by atoms with E-state index >= 15 is 0 Å². The third kappa shape index (κ3) is 2.94. The number of H-pyrrole nitrogens is 2. The van der Waals surface area contributed by atoms with Crippen molar-refractivity contribution in [2.75, 3.05) is 32.0 Å². The highest BCUT2D eigenvalue weighted by Crippen LogP contribution is 2.38. The highest BCUT2D eigenvalue weighted by atomic mass is 15.1. The fourth-order valence-corrected chi connectivity index (χ4v) is 3.42. The van der Waals surface area contributed by atoms with Gasteiger partial charge in [-0.25, -0.2) is 0 Å². The average molecular weight is 351 g/mol. The van der Waals surface area contributed by atoms with Gasteiger partial charge in [0.25, 0.3) is 0 Å². The van der Waals surface area contributed by atoms with Crippen LogP contribution in [-0.4, -0.2) is 52.0 Å². The Labute approximate surface area is 152 Å². The van der Waals surface area contributed by atoms with Gasteiger partial charge in [-0.2, -0.15) is 10.2 Å². The molecule has 2 aromatic heterocycles. The molecule has 0 amide bonds. The van der Waals surface area contributed by atoms with Crippen molar-refractivity contribution < 1.29 is 0 Å². The second kappa shape index (κ2) is 6.84. The van der Waals surface area contributed by atoms with Crippen LogP contribution in [0.2, 0.25) is 0 Å². The number of rotatable bonds is 6. The lowest BCUT2D eigenvalue weighted by atomic mass is 9.95. The van der Waals surface area contributed by atoms with E-state index in [1.54, 1.807) is 0 Å². The van der Waals surface area contributed by atoms with E-state index in [2.05, 4.69) is 75.0 Å². The van der Waals surface area contributed by atoms with Gasteiger partial charge >= 0.3 is 0 Å². The van der Waals surface area contributed by atoms with E-state index in [1.807, 2.05) is 12.4 Å². The largest absolute Gasteiger partial charge is 0.383 e. The Hall–Kier alpha value is -2.80. The molecule has 0 fully saturated rings. The van der Waals surface area contributed by atoms with Crippen LogP contribution in [0.4, 0.5) is 5.69 Å². The normalized spacial score (nSPS) is 16.5. The molecule has 26 heavy (non-hydrogen) atoms. The van der Waals surface area contributed by atoms with Gasteiger partial charge in [-0.3, -0.25) is 10.2 Å². The molecule has 1 atom stereocenters. The van der Waals surface area contributed by atoms with Crippen LogP contribution < -0.4 is 10.6 Å². The smallest absolute Gasteiger partial charge is 0.0754 e. The predicted molar refractivity (Wildman–Crippen MR) is 105 cm³/mol. The lowest BCUT2D eigenvalue weighted by molar-refractivity contribution is 0.356. The molecule has 0 saturated heterocycles. The third-order valence-corrected chi connectivity index (χ3v) is 5.09. The molecular formula is C19H25N7. The molecule has 0 saturated carbocycles. The molecule has 136 valence electrons. The second-order valence-corrected chi connectivity index (χ2v) is 6.79. The molecule has 3 aromatic rings. The summed E-state index contributed by atoms with van der Waals surface area (Å²) in [5.41, 5.74) is 6.71. The van der Waals surface area contributed by atoms with Crippen molar-refractivity contribution in [1.29, 1.82) is 0 Å². The van der Waals surface area contributed by atoms with E-state index in [1.165, 1.54) is 5.56 Å². The van der Waals surface area contributed by atoms with Crippen LogP contribution in [0.5, 0.6) is 0 Å². The van der Waals surface area contributed by atoms with Gasteiger partial charge in [-0.05, 0) is 38.7 Å². The summed E-state index contributed by atoms with van der Waals surface area (Å²) in [6.07, 6.45) is 6.04. The topological polar surface area (TPSA) is 84.7 Å². The number of benzene rings is 1. The number of aromatic amines is 2. The molecule has 4 N–H and O–H groups in total. The first-order valence-corrected chi connectivity index (χ1v) is 9.04. The molecule has 0 bridgehead atoms. The van der Waals surface area contributed by atoms with Crippen LogP contribution in [-0.2, 0) is 0 Å². The molecule has 0 spiro atoms. The SMILES string of the molecule is CCN(C)CCNC1=CC(c2cn[nH]c2C)Nc2ccc3[nH]ncc3c21. The summed E-state index contributed by atoms with van der Waals surface area (Å²) in [5, 5.41) is 22.9. The third-order valence-electron chi connectivity index (χ3n) is 5.09. The minimum Gasteiger partial charge on any atom is -0.383 e. The molecule has 4 rings (SSSR count). The highest BCUT2D eigenvalue weighted by Gasteiger charge is 2.24. The van der Waals surface area contributed by atoms with Crippen LogP contribution in [0, 0.1) is 6.92 Å². The Morgan fingerprint density at radius 1 is 1.19 bits per heavy atom. The summed E-state index contributed by atoms with van der Waals surface area (Å²) in [7, 11) is 2.14. The Morgan fingerprint density at radius 2 is 2.04 bits per heavy atom. The van der Waals surface area contributed by atoms with E-state index in [0.29, 0.717) is 0 Å². The van der Waals surface area contributed by atoms with Gasteiger partial charge in [0.2, 0.25) is 0 Å². The van der Waals surface area contributed by atoms with Gasteiger partial charge in [0.05, 0.1) is 24.0 Å². The van der Waals surface area contributed by atoms with Crippen LogP contribution in [0.3, 0.4) is 0 Å². The van der Waals surface area contributed by atoms with E-state index in [0.717, 1.165) is 53.2 Å². The van der Waals surface area contributed by atoms with E-state index in [9.17, 15) is 0 Å². The molecule has 1 aromatic carbocycles. The number of hydrogen-bond donors (Lipinski definition) is 4. The lowest BCUT2D eigenvalue weighted by Gasteiger charge is -2.28. The van der Waals surface area contributed by atoms with Crippen molar-refractivity contribution >= 4 is 22.3 Å². The van der Waals surface area contributed by atoms with E-state index in [4.69, 9.17) is 0 Å². The average Bonchev–Trinajstić information content (AvgIpc) is 3.29. The fourth-order valence-electron chi connectivity index (χ4n) is 3.42. The number of fused-ring (bicyclic) bond motifs is 3. The summed E-state index contributed by atoms with van der Waals surface area (Å²) < 4.78 is 0. The molecule has 1 aliphatic heterocycles. The van der Waals surface area contributed by atoms with Crippen LogP contribution >= 0.6 is 0 Å². The number of likely N-dealkylation sites (N-methyl/N-ethyl adjacent to an activating group) is 1. The molecule has 3 heterocycles. The quantitative estimate of drug-likeness (QED) is 0.549. The van der Waals surface area contributed by atoms with Crippen molar-refractivity contribution in [1.82, 2.24) is 30.6 Å². The minimum absolute atomic E-state index is 0.0806. The Bertz CT molecular complexity index is 936. The Balaban J connectivity index is 1.71. The minimum atomic E-state index is 0.0806. The number of anilines is 1. The van der Waals surface area contributed by atoms with E-state index < -0.39 is 0 Å². The Kier molecular flexibility index (Phi) is 4.38. The monoisotopic (exact) mass is 351 g/mol. The van der Waals surface area contributed by atoms with Crippen molar-refractivity contribution in [3.63, 3.8) is 0 Å². The van der Waals surface area contributed by atoms with Crippen LogP contribution in [0.1, 0.15) is 29.8 Å². The predicted octanol–water partition coefficient (Wildman–Crippen LogP) is 2.64.